The van der Waals surface area contributed by atoms with Gasteiger partial charge in [0.05, 0.1) is 17.5 Å². The number of aromatic nitrogens is 1. The molecule has 0 saturated heterocycles. The van der Waals surface area contributed by atoms with Crippen molar-refractivity contribution in [2.45, 2.75) is 40.3 Å². The molecule has 31 heavy (non-hydrogen) atoms. The summed E-state index contributed by atoms with van der Waals surface area (Å²) >= 11 is 0. The van der Waals surface area contributed by atoms with Gasteiger partial charge in [0.1, 0.15) is 0 Å². The highest BCUT2D eigenvalue weighted by molar-refractivity contribution is 5.95. The number of alkyl halides is 3. The third kappa shape index (κ3) is 4.71. The second-order valence-corrected chi connectivity index (χ2v) is 7.38. The summed E-state index contributed by atoms with van der Waals surface area (Å²) in [5, 5.41) is 3.96. The zero-order valence-electron chi connectivity index (χ0n) is 17.8. The van der Waals surface area contributed by atoms with E-state index in [1.807, 2.05) is 26.0 Å². The molecule has 4 nitrogen and oxygen atoms in total. The lowest BCUT2D eigenvalue weighted by atomic mass is 10.1. The van der Waals surface area contributed by atoms with E-state index in [0.29, 0.717) is 0 Å². The summed E-state index contributed by atoms with van der Waals surface area (Å²) in [5.41, 5.74) is 7.63. The number of carbonyl (C=O) groups excluding carboxylic acids is 1. The van der Waals surface area contributed by atoms with Gasteiger partial charge in [-0.2, -0.15) is 18.3 Å². The van der Waals surface area contributed by atoms with Crippen molar-refractivity contribution in [3.63, 3.8) is 0 Å². The predicted octanol–water partition coefficient (Wildman–Crippen LogP) is 5.75. The summed E-state index contributed by atoms with van der Waals surface area (Å²) in [6.45, 7) is 8.14. The maximum Gasteiger partial charge on any atom is 0.416 e. The Bertz CT molecular complexity index is 1140. The van der Waals surface area contributed by atoms with Gasteiger partial charge in [0.25, 0.3) is 5.91 Å². The molecule has 1 amide bonds. The van der Waals surface area contributed by atoms with E-state index in [1.165, 1.54) is 23.9 Å². The van der Waals surface area contributed by atoms with Gasteiger partial charge in [-0.1, -0.05) is 31.2 Å². The van der Waals surface area contributed by atoms with Crippen LogP contribution in [0, 0.1) is 20.8 Å². The standard InChI is InChI=1S/C24H24F3N3O/c1-5-18-9-6-8-15(2)22(18)30-16(3)12-20(17(30)4)14-28-29-23(31)19-10-7-11-21(13-19)24(25,26)27/h6-14H,5H2,1-4H3,(H,29,31)/b28-14-. The van der Waals surface area contributed by atoms with Crippen molar-refractivity contribution in [1.82, 2.24) is 9.99 Å². The van der Waals surface area contributed by atoms with E-state index in [4.69, 9.17) is 0 Å². The van der Waals surface area contributed by atoms with E-state index in [9.17, 15) is 18.0 Å². The number of hydrogen-bond donors (Lipinski definition) is 1. The van der Waals surface area contributed by atoms with E-state index in [1.54, 1.807) is 0 Å². The minimum Gasteiger partial charge on any atom is -0.317 e. The quantitative estimate of drug-likeness (QED) is 0.409. The molecule has 0 spiro atoms. The topological polar surface area (TPSA) is 46.4 Å². The molecule has 0 radical (unpaired) electrons. The van der Waals surface area contributed by atoms with Crippen molar-refractivity contribution < 1.29 is 18.0 Å². The normalized spacial score (nSPS) is 11.8. The molecular weight excluding hydrogens is 403 g/mol. The molecule has 0 saturated carbocycles. The summed E-state index contributed by atoms with van der Waals surface area (Å²) in [7, 11) is 0. The monoisotopic (exact) mass is 427 g/mol. The smallest absolute Gasteiger partial charge is 0.317 e. The van der Waals surface area contributed by atoms with Crippen LogP contribution in [0.25, 0.3) is 5.69 Å². The van der Waals surface area contributed by atoms with Gasteiger partial charge in [0, 0.05) is 22.5 Å². The number of aryl methyl sites for hydroxylation is 3. The summed E-state index contributed by atoms with van der Waals surface area (Å²) in [5.74, 6) is -0.705. The van der Waals surface area contributed by atoms with Crippen molar-refractivity contribution in [2.24, 2.45) is 5.10 Å². The van der Waals surface area contributed by atoms with Crippen molar-refractivity contribution in [1.29, 1.82) is 0 Å². The zero-order chi connectivity index (χ0) is 22.8. The SMILES string of the molecule is CCc1cccc(C)c1-n1c(C)cc(/C=N\NC(=O)c2cccc(C(F)(F)F)c2)c1C. The molecule has 0 aliphatic carbocycles. The number of amides is 1. The van der Waals surface area contributed by atoms with Gasteiger partial charge in [-0.15, -0.1) is 0 Å². The fraction of sp³-hybridized carbons (Fsp3) is 0.250. The average Bonchev–Trinajstić information content (AvgIpc) is 3.00. The summed E-state index contributed by atoms with van der Waals surface area (Å²) in [6.07, 6.45) is -2.11. The maximum atomic E-state index is 12.8. The number of para-hydroxylation sites is 1. The Morgan fingerprint density at radius 1 is 1.10 bits per heavy atom. The Morgan fingerprint density at radius 2 is 1.81 bits per heavy atom. The molecule has 3 aromatic rings. The number of nitrogens with one attached hydrogen (secondary N) is 1. The first-order valence-corrected chi connectivity index (χ1v) is 9.92. The minimum atomic E-state index is -4.51. The van der Waals surface area contributed by atoms with Crippen LogP contribution in [0.1, 0.15) is 50.9 Å². The fourth-order valence-corrected chi connectivity index (χ4v) is 3.65. The Hall–Kier alpha value is -3.35. The first-order chi connectivity index (χ1) is 14.6. The van der Waals surface area contributed by atoms with E-state index < -0.39 is 17.6 Å². The Morgan fingerprint density at radius 3 is 2.48 bits per heavy atom. The van der Waals surface area contributed by atoms with Crippen LogP contribution >= 0.6 is 0 Å². The lowest BCUT2D eigenvalue weighted by Gasteiger charge is -2.17. The number of benzene rings is 2. The van der Waals surface area contributed by atoms with Crippen LogP contribution in [0.15, 0.2) is 53.6 Å². The molecule has 0 aliphatic heterocycles. The predicted molar refractivity (Wildman–Crippen MR) is 116 cm³/mol. The van der Waals surface area contributed by atoms with Crippen LogP contribution in [-0.2, 0) is 12.6 Å². The second kappa shape index (κ2) is 8.79. The number of rotatable bonds is 5. The van der Waals surface area contributed by atoms with Crippen molar-refractivity contribution >= 4 is 12.1 Å². The van der Waals surface area contributed by atoms with Crippen LogP contribution in [0.5, 0.6) is 0 Å². The highest BCUT2D eigenvalue weighted by Gasteiger charge is 2.30. The van der Waals surface area contributed by atoms with E-state index in [0.717, 1.165) is 46.8 Å². The van der Waals surface area contributed by atoms with Crippen molar-refractivity contribution in [3.8, 4) is 5.69 Å². The third-order valence-electron chi connectivity index (χ3n) is 5.22. The number of halogens is 3. The van der Waals surface area contributed by atoms with Gasteiger partial charge >= 0.3 is 6.18 Å². The Labute approximate surface area is 179 Å². The van der Waals surface area contributed by atoms with E-state index in [-0.39, 0.29) is 5.56 Å². The largest absolute Gasteiger partial charge is 0.416 e. The van der Waals surface area contributed by atoms with E-state index in [2.05, 4.69) is 41.1 Å². The van der Waals surface area contributed by atoms with E-state index >= 15 is 0 Å². The van der Waals surface area contributed by atoms with Crippen LogP contribution in [0.4, 0.5) is 13.2 Å². The third-order valence-corrected chi connectivity index (χ3v) is 5.22. The highest BCUT2D eigenvalue weighted by Crippen LogP contribution is 2.29. The minimum absolute atomic E-state index is 0.107. The number of nitrogens with zero attached hydrogens (tertiary/aromatic N) is 2. The maximum absolute atomic E-state index is 12.8. The van der Waals surface area contributed by atoms with Crippen LogP contribution < -0.4 is 5.43 Å². The summed E-state index contributed by atoms with van der Waals surface area (Å²) < 4.78 is 40.7. The average molecular weight is 427 g/mol. The zero-order valence-corrected chi connectivity index (χ0v) is 17.8. The van der Waals surface area contributed by atoms with Gasteiger partial charge in [-0.25, -0.2) is 5.43 Å². The molecule has 1 heterocycles. The molecule has 0 atom stereocenters. The van der Waals surface area contributed by atoms with Gasteiger partial charge in [0.2, 0.25) is 0 Å². The molecule has 1 aromatic heterocycles. The number of hydrazone groups is 1. The number of hydrogen-bond acceptors (Lipinski definition) is 2. The first-order valence-electron chi connectivity index (χ1n) is 9.92. The van der Waals surface area contributed by atoms with Crippen LogP contribution in [0.2, 0.25) is 0 Å². The lowest BCUT2D eigenvalue weighted by Crippen LogP contribution is -2.18. The molecule has 0 aliphatic rings. The van der Waals surface area contributed by atoms with Gasteiger partial charge in [-0.3, -0.25) is 4.79 Å². The van der Waals surface area contributed by atoms with Crippen molar-refractivity contribution in [3.05, 3.63) is 87.7 Å². The fourth-order valence-electron chi connectivity index (χ4n) is 3.65. The molecule has 0 bridgehead atoms. The second-order valence-electron chi connectivity index (χ2n) is 7.38. The highest BCUT2D eigenvalue weighted by atomic mass is 19.4. The summed E-state index contributed by atoms with van der Waals surface area (Å²) in [6, 6.07) is 12.4. The molecule has 0 unspecified atom stereocenters. The van der Waals surface area contributed by atoms with Gasteiger partial charge in [-0.05, 0) is 62.6 Å². The Kier molecular flexibility index (Phi) is 6.34. The van der Waals surface area contributed by atoms with Gasteiger partial charge < -0.3 is 4.57 Å². The molecule has 2 aromatic carbocycles. The lowest BCUT2D eigenvalue weighted by molar-refractivity contribution is -0.137. The van der Waals surface area contributed by atoms with Crippen LogP contribution in [0.3, 0.4) is 0 Å². The molecule has 0 fully saturated rings. The summed E-state index contributed by atoms with van der Waals surface area (Å²) in [4.78, 5) is 12.2. The molecule has 162 valence electrons. The molecule has 7 heteroatoms. The Balaban J connectivity index is 1.84. The first kappa shape index (κ1) is 22.3. The number of carbonyl (C=O) groups is 1. The van der Waals surface area contributed by atoms with Crippen molar-refractivity contribution in [2.75, 3.05) is 0 Å². The van der Waals surface area contributed by atoms with Crippen LogP contribution in [-0.4, -0.2) is 16.7 Å². The van der Waals surface area contributed by atoms with Gasteiger partial charge in [0.15, 0.2) is 0 Å². The molecule has 1 N–H and O–H groups in total. The molecular formula is C24H24F3N3O. The molecule has 3 rings (SSSR count).